The minimum absolute atomic E-state index is 0.304. The molecule has 0 aromatic heterocycles. The molecular weight excluding hydrogens is 462 g/mol. The molecule has 5 nitrogen and oxygen atoms in total. The van der Waals surface area contributed by atoms with Gasteiger partial charge in [-0.1, -0.05) is 64.5 Å². The summed E-state index contributed by atoms with van der Waals surface area (Å²) < 4.78 is 29.5. The Morgan fingerprint density at radius 2 is 1.63 bits per heavy atom. The van der Waals surface area contributed by atoms with Gasteiger partial charge in [0.15, 0.2) is 0 Å². The van der Waals surface area contributed by atoms with Crippen LogP contribution in [0.1, 0.15) is 5.56 Å². The highest BCUT2D eigenvalue weighted by molar-refractivity contribution is 9.10. The van der Waals surface area contributed by atoms with E-state index in [1.165, 1.54) is 0 Å². The Morgan fingerprint density at radius 3 is 2.37 bits per heavy atom. The summed E-state index contributed by atoms with van der Waals surface area (Å²) in [5, 5.41) is 4.86. The van der Waals surface area contributed by atoms with E-state index in [9.17, 15) is 8.42 Å². The fraction of sp³-hybridized carbons (Fsp3) is 0.217. The summed E-state index contributed by atoms with van der Waals surface area (Å²) in [5.41, 5.74) is 2.11. The van der Waals surface area contributed by atoms with Crippen molar-refractivity contribution in [3.05, 3.63) is 76.8 Å². The lowest BCUT2D eigenvalue weighted by atomic mass is 10.1. The number of hydrogen-bond acceptors (Lipinski definition) is 4. The molecular formula is C23H26BrN3O2S. The maximum Gasteiger partial charge on any atom is 0.241 e. The molecule has 0 bridgehead atoms. The smallest absolute Gasteiger partial charge is 0.241 e. The Bertz CT molecular complexity index is 1130. The van der Waals surface area contributed by atoms with Crippen molar-refractivity contribution in [2.24, 2.45) is 0 Å². The predicted octanol–water partition coefficient (Wildman–Crippen LogP) is 4.25. The quantitative estimate of drug-likeness (QED) is 0.443. The van der Waals surface area contributed by atoms with Gasteiger partial charge in [0, 0.05) is 54.7 Å². The third kappa shape index (κ3) is 5.70. The van der Waals surface area contributed by atoms with E-state index in [0.29, 0.717) is 24.5 Å². The van der Waals surface area contributed by atoms with Crippen LogP contribution in [0.3, 0.4) is 0 Å². The van der Waals surface area contributed by atoms with Gasteiger partial charge in [0.25, 0.3) is 0 Å². The second-order valence-corrected chi connectivity index (χ2v) is 9.73. The zero-order valence-electron chi connectivity index (χ0n) is 17.1. The van der Waals surface area contributed by atoms with Crippen LogP contribution in [0.5, 0.6) is 0 Å². The van der Waals surface area contributed by atoms with Crippen LogP contribution in [0.2, 0.25) is 0 Å². The third-order valence-corrected chi connectivity index (χ3v) is 6.71. The first-order chi connectivity index (χ1) is 14.4. The van der Waals surface area contributed by atoms with Crippen LogP contribution in [-0.4, -0.2) is 42.1 Å². The molecule has 7 heteroatoms. The number of rotatable bonds is 9. The Kier molecular flexibility index (Phi) is 7.66. The van der Waals surface area contributed by atoms with Crippen LogP contribution in [0.25, 0.3) is 16.8 Å². The number of sulfonamides is 1. The van der Waals surface area contributed by atoms with Crippen LogP contribution in [-0.2, 0) is 10.0 Å². The van der Waals surface area contributed by atoms with Gasteiger partial charge >= 0.3 is 0 Å². The average molecular weight is 488 g/mol. The van der Waals surface area contributed by atoms with Gasteiger partial charge in [-0.25, -0.2) is 13.1 Å². The van der Waals surface area contributed by atoms with E-state index in [4.69, 9.17) is 0 Å². The fourth-order valence-electron chi connectivity index (χ4n) is 3.19. The first kappa shape index (κ1) is 22.5. The third-order valence-electron chi connectivity index (χ3n) is 4.67. The van der Waals surface area contributed by atoms with Crippen molar-refractivity contribution in [1.82, 2.24) is 10.0 Å². The normalized spacial score (nSPS) is 12.0. The van der Waals surface area contributed by atoms with Gasteiger partial charge in [-0.2, -0.15) is 0 Å². The molecule has 3 aromatic rings. The lowest BCUT2D eigenvalue weighted by Crippen LogP contribution is -2.32. The maximum atomic E-state index is 12.9. The monoisotopic (exact) mass is 487 g/mol. The van der Waals surface area contributed by atoms with Gasteiger partial charge < -0.3 is 10.2 Å². The van der Waals surface area contributed by atoms with Gasteiger partial charge in [-0.05, 0) is 29.8 Å². The number of nitrogens with zero attached hydrogens (tertiary/aromatic N) is 1. The van der Waals surface area contributed by atoms with E-state index in [-0.39, 0.29) is 0 Å². The van der Waals surface area contributed by atoms with Crippen molar-refractivity contribution >= 4 is 48.5 Å². The molecule has 0 radical (unpaired) electrons. The van der Waals surface area contributed by atoms with Crippen molar-refractivity contribution in [2.45, 2.75) is 4.90 Å². The minimum Gasteiger partial charge on any atom is -0.377 e. The number of halogens is 1. The number of benzene rings is 3. The standard InChI is InChI=1S/C23H26BrN3O2S/c1-27(2)22-9-3-8-21-20(22)7-4-10-23(21)30(28,29)26-17-16-25-15-5-6-18-11-13-19(24)14-12-18/h3-14,25-26H,15-17H2,1-2H3/b6-5+. The number of fused-ring (bicyclic) bond motifs is 1. The van der Waals surface area contributed by atoms with Crippen molar-refractivity contribution < 1.29 is 8.42 Å². The number of hydrogen-bond donors (Lipinski definition) is 2. The minimum atomic E-state index is -3.60. The molecule has 0 aliphatic carbocycles. The summed E-state index contributed by atoms with van der Waals surface area (Å²) in [6.07, 6.45) is 4.05. The van der Waals surface area contributed by atoms with Crippen molar-refractivity contribution in [2.75, 3.05) is 38.6 Å². The van der Waals surface area contributed by atoms with Crippen LogP contribution in [0.15, 0.2) is 76.1 Å². The molecule has 2 N–H and O–H groups in total. The van der Waals surface area contributed by atoms with Crippen LogP contribution >= 0.6 is 15.9 Å². The summed E-state index contributed by atoms with van der Waals surface area (Å²) in [5.74, 6) is 0. The van der Waals surface area contributed by atoms with Gasteiger partial charge in [-0.3, -0.25) is 0 Å². The lowest BCUT2D eigenvalue weighted by Gasteiger charge is -2.17. The Balaban J connectivity index is 1.57. The molecule has 0 heterocycles. The molecule has 0 fully saturated rings. The highest BCUT2D eigenvalue weighted by atomic mass is 79.9. The Hall–Kier alpha value is -2.19. The molecule has 30 heavy (non-hydrogen) atoms. The summed E-state index contributed by atoms with van der Waals surface area (Å²) in [4.78, 5) is 2.29. The second-order valence-electron chi connectivity index (χ2n) is 7.08. The Morgan fingerprint density at radius 1 is 0.933 bits per heavy atom. The molecule has 0 unspecified atom stereocenters. The van der Waals surface area contributed by atoms with E-state index in [0.717, 1.165) is 26.5 Å². The van der Waals surface area contributed by atoms with E-state index in [2.05, 4.69) is 26.0 Å². The number of anilines is 1. The predicted molar refractivity (Wildman–Crippen MR) is 130 cm³/mol. The van der Waals surface area contributed by atoms with E-state index >= 15 is 0 Å². The highest BCUT2D eigenvalue weighted by Gasteiger charge is 2.17. The molecule has 0 atom stereocenters. The average Bonchev–Trinajstić information content (AvgIpc) is 2.73. The molecule has 3 aromatic carbocycles. The summed E-state index contributed by atoms with van der Waals surface area (Å²) in [7, 11) is 0.299. The number of nitrogens with one attached hydrogen (secondary N) is 2. The molecule has 0 saturated carbocycles. The maximum absolute atomic E-state index is 12.9. The largest absolute Gasteiger partial charge is 0.377 e. The fourth-order valence-corrected chi connectivity index (χ4v) is 4.71. The highest BCUT2D eigenvalue weighted by Crippen LogP contribution is 2.29. The van der Waals surface area contributed by atoms with Crippen molar-refractivity contribution in [3.63, 3.8) is 0 Å². The van der Waals surface area contributed by atoms with Gasteiger partial charge in [0.05, 0.1) is 4.90 Å². The molecule has 3 rings (SSSR count). The SMILES string of the molecule is CN(C)c1cccc2c(S(=O)(=O)NCCNC/C=C/c3ccc(Br)cc3)cccc12. The van der Waals surface area contributed by atoms with E-state index < -0.39 is 10.0 Å². The first-order valence-corrected chi connectivity index (χ1v) is 12.0. The second kappa shape index (κ2) is 10.2. The van der Waals surface area contributed by atoms with E-state index in [1.807, 2.05) is 79.7 Å². The first-order valence-electron chi connectivity index (χ1n) is 9.70. The van der Waals surface area contributed by atoms with Gasteiger partial charge in [0.1, 0.15) is 0 Å². The molecule has 0 aliphatic rings. The molecule has 0 spiro atoms. The summed E-state index contributed by atoms with van der Waals surface area (Å²) in [6, 6.07) is 19.2. The van der Waals surface area contributed by atoms with Crippen LogP contribution in [0.4, 0.5) is 5.69 Å². The van der Waals surface area contributed by atoms with Gasteiger partial charge in [0.2, 0.25) is 10.0 Å². The zero-order valence-corrected chi connectivity index (χ0v) is 19.5. The lowest BCUT2D eigenvalue weighted by molar-refractivity contribution is 0.579. The molecule has 158 valence electrons. The van der Waals surface area contributed by atoms with Gasteiger partial charge in [-0.15, -0.1) is 0 Å². The topological polar surface area (TPSA) is 61.4 Å². The van der Waals surface area contributed by atoms with Crippen molar-refractivity contribution in [3.8, 4) is 0 Å². The summed E-state index contributed by atoms with van der Waals surface area (Å²) >= 11 is 3.42. The summed E-state index contributed by atoms with van der Waals surface area (Å²) in [6.45, 7) is 1.52. The molecule has 0 amide bonds. The Labute approximate surface area is 187 Å². The zero-order chi connectivity index (χ0) is 21.6. The van der Waals surface area contributed by atoms with Crippen LogP contribution < -0.4 is 14.9 Å². The van der Waals surface area contributed by atoms with E-state index in [1.54, 1.807) is 12.1 Å². The molecule has 0 saturated heterocycles. The van der Waals surface area contributed by atoms with Crippen molar-refractivity contribution in [1.29, 1.82) is 0 Å². The molecule has 0 aliphatic heterocycles. The van der Waals surface area contributed by atoms with Crippen LogP contribution in [0, 0.1) is 0 Å².